The third-order valence-corrected chi connectivity index (χ3v) is 5.36. The van der Waals surface area contributed by atoms with Crippen molar-refractivity contribution in [2.45, 2.75) is 31.0 Å². The zero-order chi connectivity index (χ0) is 20.4. The lowest BCUT2D eigenvalue weighted by atomic mass is 9.73. The molecule has 0 aromatic heterocycles. The summed E-state index contributed by atoms with van der Waals surface area (Å²) in [5.74, 6) is -0.840. The van der Waals surface area contributed by atoms with E-state index in [9.17, 15) is 22.4 Å². The minimum absolute atomic E-state index is 0.0662. The van der Waals surface area contributed by atoms with E-state index in [1.807, 2.05) is 0 Å². The van der Waals surface area contributed by atoms with Gasteiger partial charge in [-0.1, -0.05) is 34.1 Å². The molecule has 0 atom stereocenters. The number of carbonyl (C=O) groups is 1. The molecule has 0 saturated carbocycles. The van der Waals surface area contributed by atoms with Gasteiger partial charge in [0.05, 0.1) is 11.0 Å². The Morgan fingerprint density at radius 1 is 1.14 bits per heavy atom. The fourth-order valence-corrected chi connectivity index (χ4v) is 3.94. The lowest BCUT2D eigenvalue weighted by Gasteiger charge is -2.36. The van der Waals surface area contributed by atoms with Crippen molar-refractivity contribution < 1.29 is 27.1 Å². The Labute approximate surface area is 168 Å². The van der Waals surface area contributed by atoms with Crippen LogP contribution in [0.5, 0.6) is 0 Å². The number of hydrogen-bond acceptors (Lipinski definition) is 2. The van der Waals surface area contributed by atoms with Gasteiger partial charge in [0, 0.05) is 24.2 Å². The van der Waals surface area contributed by atoms with Crippen LogP contribution in [0.1, 0.15) is 29.5 Å². The third kappa shape index (κ3) is 4.55. The first-order valence-corrected chi connectivity index (χ1v) is 9.49. The van der Waals surface area contributed by atoms with Gasteiger partial charge in [-0.3, -0.25) is 4.79 Å². The third-order valence-electron chi connectivity index (χ3n) is 4.90. The quantitative estimate of drug-likeness (QED) is 0.655. The molecular formula is C20H18BrF4NO2. The van der Waals surface area contributed by atoms with Crippen LogP contribution in [-0.2, 0) is 27.7 Å². The molecule has 0 bridgehead atoms. The van der Waals surface area contributed by atoms with Crippen LogP contribution in [0, 0.1) is 5.82 Å². The minimum atomic E-state index is -4.49. The Bertz CT molecular complexity index is 843. The lowest BCUT2D eigenvalue weighted by molar-refractivity contribution is -0.138. The lowest BCUT2D eigenvalue weighted by Crippen LogP contribution is -2.48. The molecule has 1 fully saturated rings. The number of benzene rings is 2. The smallest absolute Gasteiger partial charge is 0.381 e. The van der Waals surface area contributed by atoms with Gasteiger partial charge in [-0.25, -0.2) is 4.39 Å². The van der Waals surface area contributed by atoms with Crippen molar-refractivity contribution in [2.75, 3.05) is 13.2 Å². The van der Waals surface area contributed by atoms with Crippen molar-refractivity contribution in [3.63, 3.8) is 0 Å². The van der Waals surface area contributed by atoms with E-state index in [0.29, 0.717) is 15.6 Å². The largest absolute Gasteiger partial charge is 0.416 e. The van der Waals surface area contributed by atoms with Crippen LogP contribution in [0.4, 0.5) is 17.6 Å². The average Bonchev–Trinajstić information content (AvgIpc) is 2.65. The van der Waals surface area contributed by atoms with Crippen LogP contribution in [0.15, 0.2) is 46.9 Å². The van der Waals surface area contributed by atoms with Crippen molar-refractivity contribution in [1.29, 1.82) is 0 Å². The van der Waals surface area contributed by atoms with Gasteiger partial charge in [-0.05, 0) is 48.2 Å². The van der Waals surface area contributed by atoms with Crippen LogP contribution in [0.2, 0.25) is 0 Å². The van der Waals surface area contributed by atoms with E-state index >= 15 is 0 Å². The van der Waals surface area contributed by atoms with E-state index in [1.54, 1.807) is 12.1 Å². The number of rotatable bonds is 4. The highest BCUT2D eigenvalue weighted by molar-refractivity contribution is 9.10. The standard InChI is InChI=1S/C20H18BrF4NO2/c21-16-8-13(9-17(22)11-16)12-26-18(27)19(4-6-28-7-5-19)14-2-1-3-15(10-14)20(23,24)25/h1-3,8-11H,4-7,12H2,(H,26,27). The van der Waals surface area contributed by atoms with Crippen molar-refractivity contribution in [3.8, 4) is 0 Å². The molecule has 8 heteroatoms. The molecule has 1 heterocycles. The van der Waals surface area contributed by atoms with Gasteiger partial charge in [0.15, 0.2) is 0 Å². The summed E-state index contributed by atoms with van der Waals surface area (Å²) in [5, 5.41) is 2.76. The van der Waals surface area contributed by atoms with Gasteiger partial charge in [-0.15, -0.1) is 0 Å². The van der Waals surface area contributed by atoms with Crippen LogP contribution >= 0.6 is 15.9 Å². The maximum absolute atomic E-state index is 13.5. The van der Waals surface area contributed by atoms with E-state index < -0.39 is 28.9 Å². The zero-order valence-electron chi connectivity index (χ0n) is 14.8. The summed E-state index contributed by atoms with van der Waals surface area (Å²) in [7, 11) is 0. The number of ether oxygens (including phenoxy) is 1. The predicted octanol–water partition coefficient (Wildman–Crippen LogP) is 4.97. The molecule has 2 aromatic carbocycles. The predicted molar refractivity (Wildman–Crippen MR) is 99.1 cm³/mol. The van der Waals surface area contributed by atoms with Gasteiger partial charge in [0.2, 0.25) is 5.91 Å². The summed E-state index contributed by atoms with van der Waals surface area (Å²) in [6, 6.07) is 9.14. The number of nitrogens with one attached hydrogen (secondary N) is 1. The summed E-state index contributed by atoms with van der Waals surface area (Å²) in [6.45, 7) is 0.612. The molecule has 1 aliphatic heterocycles. The molecule has 2 aromatic rings. The average molecular weight is 460 g/mol. The van der Waals surface area contributed by atoms with Gasteiger partial charge >= 0.3 is 6.18 Å². The Balaban J connectivity index is 1.88. The molecule has 3 rings (SSSR count). The SMILES string of the molecule is O=C(NCc1cc(F)cc(Br)c1)C1(c2cccc(C(F)(F)F)c2)CCOCC1. The van der Waals surface area contributed by atoms with Gasteiger partial charge in [-0.2, -0.15) is 13.2 Å². The number of hydrogen-bond donors (Lipinski definition) is 1. The fourth-order valence-electron chi connectivity index (χ4n) is 3.42. The molecule has 1 amide bonds. The van der Waals surface area contributed by atoms with Crippen LogP contribution in [-0.4, -0.2) is 19.1 Å². The Hall–Kier alpha value is -1.93. The summed E-state index contributed by atoms with van der Waals surface area (Å²) in [6.07, 6.45) is -3.95. The normalized spacial score (nSPS) is 16.6. The van der Waals surface area contributed by atoms with Crippen LogP contribution in [0.25, 0.3) is 0 Å². The highest BCUT2D eigenvalue weighted by Gasteiger charge is 2.43. The van der Waals surface area contributed by atoms with Crippen molar-refractivity contribution >= 4 is 21.8 Å². The van der Waals surface area contributed by atoms with Crippen molar-refractivity contribution in [1.82, 2.24) is 5.32 Å². The molecule has 150 valence electrons. The fraction of sp³-hybridized carbons (Fsp3) is 0.350. The van der Waals surface area contributed by atoms with E-state index in [-0.39, 0.29) is 32.6 Å². The topological polar surface area (TPSA) is 38.3 Å². The molecule has 0 unspecified atom stereocenters. The molecule has 1 saturated heterocycles. The van der Waals surface area contributed by atoms with E-state index in [1.165, 1.54) is 18.2 Å². The van der Waals surface area contributed by atoms with Gasteiger partial charge in [0.25, 0.3) is 0 Å². The number of amides is 1. The number of carbonyl (C=O) groups excluding carboxylic acids is 1. The highest BCUT2D eigenvalue weighted by Crippen LogP contribution is 2.38. The Morgan fingerprint density at radius 2 is 1.86 bits per heavy atom. The van der Waals surface area contributed by atoms with E-state index in [0.717, 1.165) is 12.1 Å². The number of alkyl halides is 3. The molecule has 1 aliphatic rings. The maximum Gasteiger partial charge on any atom is 0.416 e. The van der Waals surface area contributed by atoms with Crippen molar-refractivity contribution in [2.24, 2.45) is 0 Å². The van der Waals surface area contributed by atoms with Gasteiger partial charge < -0.3 is 10.1 Å². The first kappa shape index (κ1) is 20.8. The Morgan fingerprint density at radius 3 is 2.50 bits per heavy atom. The zero-order valence-corrected chi connectivity index (χ0v) is 16.4. The van der Waals surface area contributed by atoms with Crippen LogP contribution in [0.3, 0.4) is 0 Å². The molecule has 0 aliphatic carbocycles. The molecule has 0 radical (unpaired) electrons. The second kappa shape index (κ2) is 8.21. The summed E-state index contributed by atoms with van der Waals surface area (Å²) in [5.41, 5.74) is -1.06. The van der Waals surface area contributed by atoms with E-state index in [2.05, 4.69) is 21.2 Å². The molecule has 1 N–H and O–H groups in total. The maximum atomic E-state index is 13.5. The number of halogens is 5. The monoisotopic (exact) mass is 459 g/mol. The summed E-state index contributed by atoms with van der Waals surface area (Å²) >= 11 is 3.19. The van der Waals surface area contributed by atoms with Crippen molar-refractivity contribution in [3.05, 3.63) is 69.4 Å². The molecular weight excluding hydrogens is 442 g/mol. The molecule has 0 spiro atoms. The first-order chi connectivity index (χ1) is 13.2. The second-order valence-electron chi connectivity index (χ2n) is 6.73. The minimum Gasteiger partial charge on any atom is -0.381 e. The van der Waals surface area contributed by atoms with Crippen LogP contribution < -0.4 is 5.32 Å². The highest BCUT2D eigenvalue weighted by atomic mass is 79.9. The first-order valence-electron chi connectivity index (χ1n) is 8.69. The van der Waals surface area contributed by atoms with Gasteiger partial charge in [0.1, 0.15) is 5.82 Å². The van der Waals surface area contributed by atoms with E-state index in [4.69, 9.17) is 4.74 Å². The summed E-state index contributed by atoms with van der Waals surface area (Å²) < 4.78 is 58.8. The molecule has 28 heavy (non-hydrogen) atoms. The summed E-state index contributed by atoms with van der Waals surface area (Å²) in [4.78, 5) is 13.1. The second-order valence-corrected chi connectivity index (χ2v) is 7.65. The molecule has 3 nitrogen and oxygen atoms in total. The Kier molecular flexibility index (Phi) is 6.09.